The van der Waals surface area contributed by atoms with Crippen LogP contribution in [-0.2, 0) is 16.3 Å². The van der Waals surface area contributed by atoms with Crippen molar-refractivity contribution >= 4 is 9.84 Å². The van der Waals surface area contributed by atoms with Gasteiger partial charge in [0.05, 0.1) is 11.5 Å². The Morgan fingerprint density at radius 2 is 2.20 bits per heavy atom. The topological polar surface area (TPSA) is 55.4 Å². The Balaban J connectivity index is 1.71. The Morgan fingerprint density at radius 1 is 1.35 bits per heavy atom. The summed E-state index contributed by atoms with van der Waals surface area (Å²) in [4.78, 5) is 0. The van der Waals surface area contributed by atoms with Crippen LogP contribution in [0.3, 0.4) is 0 Å². The van der Waals surface area contributed by atoms with Gasteiger partial charge in [-0.2, -0.15) is 0 Å². The minimum absolute atomic E-state index is 0.157. The molecule has 1 aromatic rings. The number of sulfone groups is 1. The Bertz CT molecular complexity index is 597. The van der Waals surface area contributed by atoms with Crippen LogP contribution in [0.25, 0.3) is 0 Å². The summed E-state index contributed by atoms with van der Waals surface area (Å²) in [5.74, 6) is 1.22. The highest BCUT2D eigenvalue weighted by Gasteiger charge is 2.30. The lowest BCUT2D eigenvalue weighted by Crippen LogP contribution is -2.19. The van der Waals surface area contributed by atoms with E-state index in [0.717, 1.165) is 25.1 Å². The summed E-state index contributed by atoms with van der Waals surface area (Å²) in [6, 6.07) is 6.63. The quantitative estimate of drug-likeness (QED) is 0.921. The van der Waals surface area contributed by atoms with Gasteiger partial charge in [-0.25, -0.2) is 8.42 Å². The molecule has 0 saturated carbocycles. The summed E-state index contributed by atoms with van der Waals surface area (Å²) in [6.07, 6.45) is 2.63. The Labute approximate surface area is 120 Å². The highest BCUT2D eigenvalue weighted by Crippen LogP contribution is 2.34. The third-order valence-corrected chi connectivity index (χ3v) is 5.87. The molecule has 2 unspecified atom stereocenters. The van der Waals surface area contributed by atoms with E-state index >= 15 is 0 Å². The van der Waals surface area contributed by atoms with E-state index in [4.69, 9.17) is 4.74 Å². The molecule has 1 aromatic carbocycles. The molecule has 5 heteroatoms. The molecule has 0 bridgehead atoms. The number of benzene rings is 1. The smallest absolute Gasteiger partial charge is 0.154 e. The van der Waals surface area contributed by atoms with E-state index in [0.29, 0.717) is 12.5 Å². The zero-order valence-electron chi connectivity index (χ0n) is 11.8. The van der Waals surface area contributed by atoms with Crippen LogP contribution in [-0.4, -0.2) is 32.6 Å². The molecule has 110 valence electrons. The van der Waals surface area contributed by atoms with Crippen molar-refractivity contribution in [1.82, 2.24) is 5.32 Å². The van der Waals surface area contributed by atoms with Crippen LogP contribution in [0.1, 0.15) is 36.9 Å². The number of ether oxygens (including phenoxy) is 1. The lowest BCUT2D eigenvalue weighted by atomic mass is 10.1. The maximum absolute atomic E-state index is 11.4. The summed E-state index contributed by atoms with van der Waals surface area (Å²) in [7, 11) is -2.88. The molecule has 1 saturated heterocycles. The van der Waals surface area contributed by atoms with E-state index in [9.17, 15) is 8.42 Å². The Kier molecular flexibility index (Phi) is 3.73. The minimum atomic E-state index is -2.88. The highest BCUT2D eigenvalue weighted by molar-refractivity contribution is 7.91. The first kappa shape index (κ1) is 13.9. The molecule has 0 aromatic heterocycles. The summed E-state index contributed by atoms with van der Waals surface area (Å²) in [5.41, 5.74) is 2.69. The molecule has 20 heavy (non-hydrogen) atoms. The second-order valence-corrected chi connectivity index (χ2v) is 7.88. The second kappa shape index (κ2) is 5.37. The van der Waals surface area contributed by atoms with Crippen molar-refractivity contribution in [2.45, 2.75) is 38.3 Å². The number of hydrogen-bond donors (Lipinski definition) is 1. The van der Waals surface area contributed by atoms with E-state index < -0.39 is 9.84 Å². The van der Waals surface area contributed by atoms with Gasteiger partial charge in [0.15, 0.2) is 9.84 Å². The first-order valence-electron chi connectivity index (χ1n) is 7.30. The monoisotopic (exact) mass is 295 g/mol. The van der Waals surface area contributed by atoms with Crippen LogP contribution < -0.4 is 10.1 Å². The van der Waals surface area contributed by atoms with Crippen molar-refractivity contribution in [3.63, 3.8) is 0 Å². The first-order chi connectivity index (χ1) is 9.57. The molecule has 0 amide bonds. The molecule has 0 spiro atoms. The third-order valence-electron chi connectivity index (χ3n) is 4.14. The summed E-state index contributed by atoms with van der Waals surface area (Å²) in [5, 5.41) is 3.48. The van der Waals surface area contributed by atoms with Crippen molar-refractivity contribution in [2.24, 2.45) is 0 Å². The van der Waals surface area contributed by atoms with Gasteiger partial charge in [-0.05, 0) is 49.1 Å². The molecule has 1 fully saturated rings. The van der Waals surface area contributed by atoms with Crippen LogP contribution in [0, 0.1) is 0 Å². The molecular formula is C15H21NO3S. The fourth-order valence-corrected chi connectivity index (χ4v) is 4.76. The van der Waals surface area contributed by atoms with Gasteiger partial charge >= 0.3 is 0 Å². The van der Waals surface area contributed by atoms with Gasteiger partial charge in [0.1, 0.15) is 11.9 Å². The number of rotatable bonds is 4. The molecular weight excluding hydrogens is 274 g/mol. The molecule has 2 aliphatic rings. The van der Waals surface area contributed by atoms with Gasteiger partial charge < -0.3 is 10.1 Å². The van der Waals surface area contributed by atoms with Crippen LogP contribution >= 0.6 is 0 Å². The van der Waals surface area contributed by atoms with Crippen molar-refractivity contribution in [1.29, 1.82) is 0 Å². The van der Waals surface area contributed by atoms with E-state index in [1.807, 2.05) is 6.07 Å². The van der Waals surface area contributed by atoms with Gasteiger partial charge in [-0.15, -0.1) is 0 Å². The highest BCUT2D eigenvalue weighted by atomic mass is 32.2. The van der Waals surface area contributed by atoms with Crippen molar-refractivity contribution < 1.29 is 13.2 Å². The molecule has 1 aliphatic carbocycles. The maximum atomic E-state index is 11.4. The number of aryl methyl sites for hydroxylation is 1. The third kappa shape index (κ3) is 2.83. The zero-order valence-corrected chi connectivity index (χ0v) is 12.6. The minimum Gasteiger partial charge on any atom is -0.489 e. The van der Waals surface area contributed by atoms with E-state index in [2.05, 4.69) is 24.4 Å². The molecule has 1 N–H and O–H groups in total. The van der Waals surface area contributed by atoms with E-state index in [1.165, 1.54) is 11.1 Å². The lowest BCUT2D eigenvalue weighted by molar-refractivity contribution is 0.228. The molecule has 3 rings (SSSR count). The van der Waals surface area contributed by atoms with Crippen molar-refractivity contribution in [3.8, 4) is 5.75 Å². The Hall–Kier alpha value is -1.07. The summed E-state index contributed by atoms with van der Waals surface area (Å²) in [6.45, 7) is 3.10. The van der Waals surface area contributed by atoms with Gasteiger partial charge in [0, 0.05) is 6.04 Å². The SMILES string of the molecule is CCNC1CCc2cc(OC3CCS(=O)(=O)C3)ccc21. The normalized spacial score (nSPS) is 27.4. The fourth-order valence-electron chi connectivity index (χ4n) is 3.17. The maximum Gasteiger partial charge on any atom is 0.154 e. The number of nitrogens with one attached hydrogen (secondary N) is 1. The van der Waals surface area contributed by atoms with Crippen LogP contribution in [0.15, 0.2) is 18.2 Å². The largest absolute Gasteiger partial charge is 0.489 e. The van der Waals surface area contributed by atoms with E-state index in [1.54, 1.807) is 0 Å². The summed E-state index contributed by atoms with van der Waals surface area (Å²) >= 11 is 0. The fraction of sp³-hybridized carbons (Fsp3) is 0.600. The molecule has 2 atom stereocenters. The van der Waals surface area contributed by atoms with E-state index in [-0.39, 0.29) is 17.6 Å². The van der Waals surface area contributed by atoms with Gasteiger partial charge in [-0.3, -0.25) is 0 Å². The molecule has 0 radical (unpaired) electrons. The zero-order chi connectivity index (χ0) is 14.2. The number of fused-ring (bicyclic) bond motifs is 1. The average Bonchev–Trinajstić information content (AvgIpc) is 2.94. The Morgan fingerprint density at radius 3 is 2.90 bits per heavy atom. The van der Waals surface area contributed by atoms with Crippen LogP contribution in [0.2, 0.25) is 0 Å². The number of hydrogen-bond acceptors (Lipinski definition) is 4. The average molecular weight is 295 g/mol. The first-order valence-corrected chi connectivity index (χ1v) is 9.13. The standard InChI is InChI=1S/C15H21NO3S/c1-2-16-15-6-3-11-9-12(4-5-14(11)15)19-13-7-8-20(17,18)10-13/h4-5,9,13,15-16H,2-3,6-8,10H2,1H3. The van der Waals surface area contributed by atoms with Crippen molar-refractivity contribution in [2.75, 3.05) is 18.1 Å². The van der Waals surface area contributed by atoms with Gasteiger partial charge in [0.2, 0.25) is 0 Å². The predicted molar refractivity (Wildman–Crippen MR) is 78.9 cm³/mol. The van der Waals surface area contributed by atoms with Crippen LogP contribution in [0.5, 0.6) is 5.75 Å². The molecule has 1 heterocycles. The lowest BCUT2D eigenvalue weighted by Gasteiger charge is -2.15. The van der Waals surface area contributed by atoms with Crippen LogP contribution in [0.4, 0.5) is 0 Å². The molecule has 1 aliphatic heterocycles. The summed E-state index contributed by atoms with van der Waals surface area (Å²) < 4.78 is 28.7. The van der Waals surface area contributed by atoms with Crippen molar-refractivity contribution in [3.05, 3.63) is 29.3 Å². The molecule has 4 nitrogen and oxygen atoms in total. The predicted octanol–water partition coefficient (Wildman–Crippen LogP) is 1.85. The van der Waals surface area contributed by atoms with Gasteiger partial charge in [0.25, 0.3) is 0 Å². The second-order valence-electron chi connectivity index (χ2n) is 5.65. The van der Waals surface area contributed by atoms with Gasteiger partial charge in [-0.1, -0.05) is 13.0 Å².